The Hall–Kier alpha value is -1.79. The van der Waals surface area contributed by atoms with Crippen LogP contribution in [0.25, 0.3) is 0 Å². The summed E-state index contributed by atoms with van der Waals surface area (Å²) in [6, 6.07) is 14.9. The maximum absolute atomic E-state index is 12.0. The van der Waals surface area contributed by atoms with Crippen LogP contribution in [-0.4, -0.2) is 47.9 Å². The highest BCUT2D eigenvalue weighted by molar-refractivity contribution is 6.30. The van der Waals surface area contributed by atoms with Gasteiger partial charge >= 0.3 is 6.03 Å². The summed E-state index contributed by atoms with van der Waals surface area (Å²) in [7, 11) is 0. The van der Waals surface area contributed by atoms with E-state index in [1.54, 1.807) is 11.8 Å². The van der Waals surface area contributed by atoms with Gasteiger partial charge in [-0.15, -0.1) is 0 Å². The zero-order chi connectivity index (χ0) is 19.4. The molecule has 3 rings (SSSR count). The minimum absolute atomic E-state index is 0.0707. The van der Waals surface area contributed by atoms with Crippen molar-refractivity contribution in [3.8, 4) is 0 Å². The number of carbonyl (C=O) groups is 1. The SMILES string of the molecule is C[C@@H](O)CNC(=O)N1CC(OC(c2ccc(Cl)cc2)c2ccc(Cl)cc2)C1. The molecule has 1 aliphatic rings. The number of rotatable bonds is 6. The highest BCUT2D eigenvalue weighted by Crippen LogP contribution is 2.31. The molecule has 1 aliphatic heterocycles. The molecule has 0 saturated carbocycles. The van der Waals surface area contributed by atoms with E-state index in [0.717, 1.165) is 11.1 Å². The summed E-state index contributed by atoms with van der Waals surface area (Å²) >= 11 is 12.0. The fourth-order valence-electron chi connectivity index (χ4n) is 2.85. The quantitative estimate of drug-likeness (QED) is 0.762. The Balaban J connectivity index is 1.66. The third kappa shape index (κ3) is 5.36. The number of carbonyl (C=O) groups excluding carboxylic acids is 1. The van der Waals surface area contributed by atoms with E-state index < -0.39 is 6.10 Å². The zero-order valence-electron chi connectivity index (χ0n) is 14.9. The lowest BCUT2D eigenvalue weighted by atomic mass is 10.0. The van der Waals surface area contributed by atoms with Gasteiger partial charge in [0.1, 0.15) is 6.10 Å². The fraction of sp³-hybridized carbons (Fsp3) is 0.350. The molecule has 2 N–H and O–H groups in total. The molecule has 2 aromatic carbocycles. The second-order valence-corrected chi connectivity index (χ2v) is 7.55. The molecule has 1 fully saturated rings. The summed E-state index contributed by atoms with van der Waals surface area (Å²) in [6.07, 6.45) is -0.910. The molecule has 2 amide bonds. The molecule has 1 heterocycles. The van der Waals surface area contributed by atoms with Crippen LogP contribution in [-0.2, 0) is 4.74 Å². The van der Waals surface area contributed by atoms with Crippen LogP contribution in [0.4, 0.5) is 4.79 Å². The predicted octanol–water partition coefficient (Wildman–Crippen LogP) is 3.87. The number of ether oxygens (including phenoxy) is 1. The van der Waals surface area contributed by atoms with Gasteiger partial charge in [0.15, 0.2) is 0 Å². The van der Waals surface area contributed by atoms with Gasteiger partial charge in [0, 0.05) is 16.6 Å². The Kier molecular flexibility index (Phi) is 6.60. The van der Waals surface area contributed by atoms with Crippen molar-refractivity contribution in [1.29, 1.82) is 0 Å². The maximum Gasteiger partial charge on any atom is 0.317 e. The summed E-state index contributed by atoms with van der Waals surface area (Å²) in [5.74, 6) is 0. The number of urea groups is 1. The number of amides is 2. The minimum Gasteiger partial charge on any atom is -0.392 e. The number of likely N-dealkylation sites (tertiary alicyclic amines) is 1. The summed E-state index contributed by atoms with van der Waals surface area (Å²) in [6.45, 7) is 2.87. The van der Waals surface area contributed by atoms with Gasteiger partial charge in [0.2, 0.25) is 0 Å². The van der Waals surface area contributed by atoms with E-state index >= 15 is 0 Å². The Morgan fingerprint density at radius 1 is 1.11 bits per heavy atom. The van der Waals surface area contributed by atoms with E-state index in [1.807, 2.05) is 48.5 Å². The molecule has 0 aromatic heterocycles. The first kappa shape index (κ1) is 20.0. The van der Waals surface area contributed by atoms with E-state index in [2.05, 4.69) is 5.32 Å². The highest BCUT2D eigenvalue weighted by Gasteiger charge is 2.34. The number of nitrogens with zero attached hydrogens (tertiary/aromatic N) is 1. The largest absolute Gasteiger partial charge is 0.392 e. The summed E-state index contributed by atoms with van der Waals surface area (Å²) in [4.78, 5) is 13.7. The molecule has 0 bridgehead atoms. The molecule has 0 radical (unpaired) electrons. The van der Waals surface area contributed by atoms with Crippen molar-refractivity contribution in [2.45, 2.75) is 25.2 Å². The van der Waals surface area contributed by atoms with Gasteiger partial charge in [-0.1, -0.05) is 47.5 Å². The van der Waals surface area contributed by atoms with Crippen molar-refractivity contribution >= 4 is 29.2 Å². The smallest absolute Gasteiger partial charge is 0.317 e. The maximum atomic E-state index is 12.0. The fourth-order valence-corrected chi connectivity index (χ4v) is 3.11. The van der Waals surface area contributed by atoms with Crippen LogP contribution in [0.1, 0.15) is 24.2 Å². The average Bonchev–Trinajstić information content (AvgIpc) is 2.61. The Morgan fingerprint density at radius 2 is 1.59 bits per heavy atom. The Morgan fingerprint density at radius 3 is 2.04 bits per heavy atom. The lowest BCUT2D eigenvalue weighted by Crippen LogP contribution is -2.58. The number of halogens is 2. The molecule has 27 heavy (non-hydrogen) atoms. The third-order valence-electron chi connectivity index (χ3n) is 4.36. The first-order valence-corrected chi connectivity index (χ1v) is 9.55. The van der Waals surface area contributed by atoms with Gasteiger partial charge < -0.3 is 20.1 Å². The van der Waals surface area contributed by atoms with Crippen molar-refractivity contribution in [3.05, 3.63) is 69.7 Å². The molecular formula is C20H22Cl2N2O3. The van der Waals surface area contributed by atoms with E-state index in [-0.39, 0.29) is 24.8 Å². The topological polar surface area (TPSA) is 61.8 Å². The lowest BCUT2D eigenvalue weighted by Gasteiger charge is -2.40. The van der Waals surface area contributed by atoms with Crippen molar-refractivity contribution in [3.63, 3.8) is 0 Å². The van der Waals surface area contributed by atoms with Crippen molar-refractivity contribution in [1.82, 2.24) is 10.2 Å². The number of nitrogens with one attached hydrogen (secondary N) is 1. The van der Waals surface area contributed by atoms with Gasteiger partial charge in [-0.05, 0) is 42.3 Å². The van der Waals surface area contributed by atoms with E-state index in [9.17, 15) is 9.90 Å². The van der Waals surface area contributed by atoms with Gasteiger partial charge in [0.25, 0.3) is 0 Å². The van der Waals surface area contributed by atoms with Crippen LogP contribution in [0, 0.1) is 0 Å². The molecule has 0 unspecified atom stereocenters. The summed E-state index contributed by atoms with van der Waals surface area (Å²) in [5.41, 5.74) is 1.97. The molecule has 1 saturated heterocycles. The van der Waals surface area contributed by atoms with Crippen LogP contribution in [0.15, 0.2) is 48.5 Å². The highest BCUT2D eigenvalue weighted by atomic mass is 35.5. The van der Waals surface area contributed by atoms with Crippen LogP contribution in [0.3, 0.4) is 0 Å². The number of benzene rings is 2. The first-order chi connectivity index (χ1) is 12.9. The molecule has 144 valence electrons. The van der Waals surface area contributed by atoms with Crippen molar-refractivity contribution in [2.75, 3.05) is 19.6 Å². The third-order valence-corrected chi connectivity index (χ3v) is 4.86. The molecule has 0 aliphatic carbocycles. The van der Waals surface area contributed by atoms with Crippen LogP contribution < -0.4 is 5.32 Å². The van der Waals surface area contributed by atoms with Gasteiger partial charge in [-0.2, -0.15) is 0 Å². The first-order valence-electron chi connectivity index (χ1n) is 8.79. The minimum atomic E-state index is -0.568. The Labute approximate surface area is 168 Å². The summed E-state index contributed by atoms with van der Waals surface area (Å²) in [5, 5.41) is 13.3. The predicted molar refractivity (Wildman–Crippen MR) is 106 cm³/mol. The molecule has 5 nitrogen and oxygen atoms in total. The monoisotopic (exact) mass is 408 g/mol. The van der Waals surface area contributed by atoms with E-state index in [0.29, 0.717) is 23.1 Å². The van der Waals surface area contributed by atoms with Crippen LogP contribution in [0.5, 0.6) is 0 Å². The summed E-state index contributed by atoms with van der Waals surface area (Å²) < 4.78 is 6.29. The van der Waals surface area contributed by atoms with Gasteiger partial charge in [-0.3, -0.25) is 0 Å². The number of hydrogen-bond donors (Lipinski definition) is 2. The van der Waals surface area contributed by atoms with Crippen LogP contribution >= 0.6 is 23.2 Å². The van der Waals surface area contributed by atoms with Crippen molar-refractivity contribution in [2.24, 2.45) is 0 Å². The van der Waals surface area contributed by atoms with E-state index in [1.165, 1.54) is 0 Å². The normalized spacial score (nSPS) is 15.5. The second-order valence-electron chi connectivity index (χ2n) is 6.68. The molecule has 2 aromatic rings. The number of aliphatic hydroxyl groups is 1. The molecule has 1 atom stereocenters. The molecule has 0 spiro atoms. The number of hydrogen-bond acceptors (Lipinski definition) is 3. The van der Waals surface area contributed by atoms with Gasteiger partial charge in [-0.25, -0.2) is 4.79 Å². The number of aliphatic hydroxyl groups excluding tert-OH is 1. The van der Waals surface area contributed by atoms with Gasteiger partial charge in [0.05, 0.1) is 25.3 Å². The van der Waals surface area contributed by atoms with Crippen molar-refractivity contribution < 1.29 is 14.6 Å². The zero-order valence-corrected chi connectivity index (χ0v) is 16.5. The van der Waals surface area contributed by atoms with Crippen LogP contribution in [0.2, 0.25) is 10.0 Å². The Bertz CT molecular complexity index is 714. The second kappa shape index (κ2) is 8.93. The molecule has 7 heteroatoms. The lowest BCUT2D eigenvalue weighted by molar-refractivity contribution is -0.0647. The van der Waals surface area contributed by atoms with E-state index in [4.69, 9.17) is 27.9 Å². The average molecular weight is 409 g/mol. The molecular weight excluding hydrogens is 387 g/mol. The standard InChI is InChI=1S/C20H22Cl2N2O3/c1-13(25)10-23-20(26)24-11-18(12-24)27-19(14-2-6-16(21)7-3-14)15-4-8-17(22)9-5-15/h2-9,13,18-19,25H,10-12H2,1H3,(H,23,26)/t13-/m1/s1.